The second-order valence-corrected chi connectivity index (χ2v) is 5.85. The molecule has 0 saturated heterocycles. The van der Waals surface area contributed by atoms with Gasteiger partial charge in [0.2, 0.25) is 0 Å². The van der Waals surface area contributed by atoms with Gasteiger partial charge in [0.1, 0.15) is 5.75 Å². The van der Waals surface area contributed by atoms with E-state index in [1.165, 1.54) is 18.7 Å². The molecule has 0 unspecified atom stereocenters. The first-order valence-electron chi connectivity index (χ1n) is 8.14. The molecular formula is C22H18O4. The lowest BCUT2D eigenvalue weighted by molar-refractivity contribution is 0.0600. The number of aryl methyl sites for hydroxylation is 1. The summed E-state index contributed by atoms with van der Waals surface area (Å²) in [5.74, 6) is -0.588. The van der Waals surface area contributed by atoms with Gasteiger partial charge in [0, 0.05) is 0 Å². The molecule has 0 fully saturated rings. The van der Waals surface area contributed by atoms with Crippen molar-refractivity contribution in [3.05, 3.63) is 89.5 Å². The maximum absolute atomic E-state index is 12.3. The molecule has 3 aromatic rings. The second-order valence-electron chi connectivity index (χ2n) is 5.85. The minimum absolute atomic E-state index is 0.288. The quantitative estimate of drug-likeness (QED) is 0.509. The summed E-state index contributed by atoms with van der Waals surface area (Å²) in [5, 5.41) is 0. The first-order chi connectivity index (χ1) is 12.6. The second kappa shape index (κ2) is 7.66. The average Bonchev–Trinajstić information content (AvgIpc) is 2.68. The average molecular weight is 346 g/mol. The molecule has 0 N–H and O–H groups in total. The molecule has 3 rings (SSSR count). The Hall–Kier alpha value is -3.40. The van der Waals surface area contributed by atoms with Crippen molar-refractivity contribution >= 4 is 11.9 Å². The molecule has 4 nitrogen and oxygen atoms in total. The summed E-state index contributed by atoms with van der Waals surface area (Å²) in [6.07, 6.45) is 0. The van der Waals surface area contributed by atoms with Crippen LogP contribution in [-0.4, -0.2) is 19.0 Å². The zero-order valence-corrected chi connectivity index (χ0v) is 14.6. The van der Waals surface area contributed by atoms with Crippen LogP contribution in [0.3, 0.4) is 0 Å². The largest absolute Gasteiger partial charge is 0.465 e. The monoisotopic (exact) mass is 346 g/mol. The van der Waals surface area contributed by atoms with Gasteiger partial charge in [0.05, 0.1) is 18.2 Å². The molecule has 0 heterocycles. The van der Waals surface area contributed by atoms with Crippen LogP contribution < -0.4 is 4.74 Å². The first kappa shape index (κ1) is 17.4. The van der Waals surface area contributed by atoms with Crippen molar-refractivity contribution in [2.24, 2.45) is 0 Å². The van der Waals surface area contributed by atoms with E-state index in [9.17, 15) is 9.59 Å². The number of hydrogen-bond donors (Lipinski definition) is 0. The fourth-order valence-electron chi connectivity index (χ4n) is 2.52. The molecule has 0 aliphatic carbocycles. The van der Waals surface area contributed by atoms with Crippen molar-refractivity contribution in [3.63, 3.8) is 0 Å². The molecule has 0 spiro atoms. The number of methoxy groups -OCH3 is 1. The molecule has 0 bridgehead atoms. The van der Waals surface area contributed by atoms with E-state index in [1.807, 2.05) is 19.1 Å². The van der Waals surface area contributed by atoms with Crippen LogP contribution in [0, 0.1) is 6.92 Å². The van der Waals surface area contributed by atoms with E-state index in [0.29, 0.717) is 11.3 Å². The SMILES string of the molecule is COC(=O)c1cccc(C(=O)Oc2ccc(-c3ccc(C)cc3)cc2)c1. The van der Waals surface area contributed by atoms with Gasteiger partial charge >= 0.3 is 11.9 Å². The highest BCUT2D eigenvalue weighted by atomic mass is 16.5. The Balaban J connectivity index is 1.74. The van der Waals surface area contributed by atoms with Crippen LogP contribution >= 0.6 is 0 Å². The van der Waals surface area contributed by atoms with E-state index in [0.717, 1.165) is 11.1 Å². The third kappa shape index (κ3) is 3.98. The van der Waals surface area contributed by atoms with Crippen LogP contribution in [0.1, 0.15) is 26.3 Å². The Morgan fingerprint density at radius 1 is 0.731 bits per heavy atom. The van der Waals surface area contributed by atoms with E-state index < -0.39 is 11.9 Å². The smallest absolute Gasteiger partial charge is 0.343 e. The highest BCUT2D eigenvalue weighted by Gasteiger charge is 2.12. The number of carbonyl (C=O) groups is 2. The summed E-state index contributed by atoms with van der Waals surface area (Å²) in [5.41, 5.74) is 3.93. The highest BCUT2D eigenvalue weighted by Crippen LogP contribution is 2.23. The normalized spacial score (nSPS) is 10.2. The van der Waals surface area contributed by atoms with Crippen molar-refractivity contribution < 1.29 is 19.1 Å². The number of ether oxygens (including phenoxy) is 2. The van der Waals surface area contributed by atoms with Crippen LogP contribution in [-0.2, 0) is 4.74 Å². The van der Waals surface area contributed by atoms with Crippen molar-refractivity contribution in [2.75, 3.05) is 7.11 Å². The Labute approximate surface area is 152 Å². The van der Waals surface area contributed by atoms with E-state index in [4.69, 9.17) is 4.74 Å². The summed E-state index contributed by atoms with van der Waals surface area (Å²) in [6.45, 7) is 2.04. The van der Waals surface area contributed by atoms with Gasteiger partial charge < -0.3 is 9.47 Å². The number of rotatable bonds is 4. The lowest BCUT2D eigenvalue weighted by Gasteiger charge is -2.07. The molecule has 0 aromatic heterocycles. The standard InChI is InChI=1S/C22H18O4/c1-15-6-8-16(9-7-15)17-10-12-20(13-11-17)26-22(24)19-5-3-4-18(14-19)21(23)25-2/h3-14H,1-2H3. The molecule has 0 saturated carbocycles. The maximum atomic E-state index is 12.3. The van der Waals surface area contributed by atoms with Crippen molar-refractivity contribution in [3.8, 4) is 16.9 Å². The Kier molecular flexibility index (Phi) is 5.13. The lowest BCUT2D eigenvalue weighted by Crippen LogP contribution is -2.10. The zero-order valence-electron chi connectivity index (χ0n) is 14.6. The summed E-state index contributed by atoms with van der Waals surface area (Å²) >= 11 is 0. The fraction of sp³-hybridized carbons (Fsp3) is 0.0909. The molecule has 130 valence electrons. The van der Waals surface area contributed by atoms with Gasteiger partial charge in [0.25, 0.3) is 0 Å². The maximum Gasteiger partial charge on any atom is 0.343 e. The summed E-state index contributed by atoms with van der Waals surface area (Å²) in [6, 6.07) is 21.7. The van der Waals surface area contributed by atoms with Crippen LogP contribution in [0.2, 0.25) is 0 Å². The van der Waals surface area contributed by atoms with Crippen molar-refractivity contribution in [2.45, 2.75) is 6.92 Å². The van der Waals surface area contributed by atoms with Gasteiger partial charge in [0.15, 0.2) is 0 Å². The van der Waals surface area contributed by atoms with Crippen molar-refractivity contribution in [1.82, 2.24) is 0 Å². The number of esters is 2. The molecule has 0 atom stereocenters. The van der Waals surface area contributed by atoms with E-state index in [-0.39, 0.29) is 5.56 Å². The Morgan fingerprint density at radius 3 is 1.85 bits per heavy atom. The van der Waals surface area contributed by atoms with Gasteiger partial charge in [-0.3, -0.25) is 0 Å². The van der Waals surface area contributed by atoms with Gasteiger partial charge in [-0.1, -0.05) is 48.0 Å². The van der Waals surface area contributed by atoms with E-state index >= 15 is 0 Å². The fourth-order valence-corrected chi connectivity index (χ4v) is 2.52. The molecule has 0 amide bonds. The predicted molar refractivity (Wildman–Crippen MR) is 99.4 cm³/mol. The van der Waals surface area contributed by atoms with Gasteiger partial charge in [-0.05, 0) is 48.4 Å². The van der Waals surface area contributed by atoms with Gasteiger partial charge in [-0.2, -0.15) is 0 Å². The first-order valence-corrected chi connectivity index (χ1v) is 8.14. The number of hydrogen-bond acceptors (Lipinski definition) is 4. The summed E-state index contributed by atoms with van der Waals surface area (Å²) in [4.78, 5) is 23.9. The third-order valence-corrected chi connectivity index (χ3v) is 3.97. The number of benzene rings is 3. The van der Waals surface area contributed by atoms with Gasteiger partial charge in [-0.15, -0.1) is 0 Å². The molecule has 0 aliphatic rings. The number of carbonyl (C=O) groups excluding carboxylic acids is 2. The molecular weight excluding hydrogens is 328 g/mol. The van der Waals surface area contributed by atoms with Crippen LogP contribution in [0.4, 0.5) is 0 Å². The summed E-state index contributed by atoms with van der Waals surface area (Å²) < 4.78 is 10.0. The third-order valence-electron chi connectivity index (χ3n) is 3.97. The molecule has 0 aliphatic heterocycles. The van der Waals surface area contributed by atoms with E-state index in [1.54, 1.807) is 30.3 Å². The Morgan fingerprint density at radius 2 is 1.27 bits per heavy atom. The highest BCUT2D eigenvalue weighted by molar-refractivity contribution is 5.96. The van der Waals surface area contributed by atoms with Crippen molar-refractivity contribution in [1.29, 1.82) is 0 Å². The van der Waals surface area contributed by atoms with Gasteiger partial charge in [-0.25, -0.2) is 9.59 Å². The van der Waals surface area contributed by atoms with Crippen LogP contribution in [0.5, 0.6) is 5.75 Å². The minimum Gasteiger partial charge on any atom is -0.465 e. The minimum atomic E-state index is -0.529. The zero-order chi connectivity index (χ0) is 18.5. The molecule has 4 heteroatoms. The molecule has 0 radical (unpaired) electrons. The van der Waals surface area contributed by atoms with Crippen LogP contribution in [0.15, 0.2) is 72.8 Å². The van der Waals surface area contributed by atoms with Crippen LogP contribution in [0.25, 0.3) is 11.1 Å². The topological polar surface area (TPSA) is 52.6 Å². The molecule has 26 heavy (non-hydrogen) atoms. The predicted octanol–water partition coefficient (Wildman–Crippen LogP) is 4.67. The Bertz CT molecular complexity index is 925. The van der Waals surface area contributed by atoms with E-state index in [2.05, 4.69) is 29.0 Å². The summed E-state index contributed by atoms with van der Waals surface area (Å²) in [7, 11) is 1.29. The lowest BCUT2D eigenvalue weighted by atomic mass is 10.0. The molecule has 3 aromatic carbocycles.